The Bertz CT molecular complexity index is 596. The molecular formula is C12H15N5OS. The number of anilines is 2. The van der Waals surface area contributed by atoms with Crippen molar-refractivity contribution >= 4 is 28.2 Å². The van der Waals surface area contributed by atoms with Crippen molar-refractivity contribution in [3.05, 3.63) is 28.4 Å². The van der Waals surface area contributed by atoms with Gasteiger partial charge in [-0.25, -0.2) is 4.98 Å². The fraction of sp³-hybridized carbons (Fsp3) is 0.333. The Balaban J connectivity index is 2.17. The van der Waals surface area contributed by atoms with Gasteiger partial charge in [0.25, 0.3) is 5.91 Å². The van der Waals surface area contributed by atoms with Crippen LogP contribution in [0.5, 0.6) is 0 Å². The number of hydrogen-bond donors (Lipinski definition) is 2. The van der Waals surface area contributed by atoms with Crippen LogP contribution in [-0.4, -0.2) is 21.1 Å². The number of hydrogen-bond acceptors (Lipinski definition) is 6. The molecule has 0 atom stereocenters. The van der Waals surface area contributed by atoms with E-state index in [9.17, 15) is 4.79 Å². The van der Waals surface area contributed by atoms with Gasteiger partial charge in [-0.15, -0.1) is 10.2 Å². The van der Waals surface area contributed by atoms with Crippen molar-refractivity contribution in [1.82, 2.24) is 15.2 Å². The standard InChI is InChI=1S/C12H15N5OS/c1-3-8-5-7(6-9(13)14-8)11(18)15-12-17-16-10(4-2)19-12/h5-6H,3-4H2,1-2H3,(H2,13,14)(H,15,17,18). The topological polar surface area (TPSA) is 93.8 Å². The van der Waals surface area contributed by atoms with E-state index in [-0.39, 0.29) is 5.91 Å². The lowest BCUT2D eigenvalue weighted by Gasteiger charge is -2.04. The first-order valence-corrected chi connectivity index (χ1v) is 6.84. The zero-order chi connectivity index (χ0) is 13.8. The summed E-state index contributed by atoms with van der Waals surface area (Å²) in [6, 6.07) is 3.28. The Hall–Kier alpha value is -2.02. The summed E-state index contributed by atoms with van der Waals surface area (Å²) in [6.45, 7) is 3.95. The largest absolute Gasteiger partial charge is 0.384 e. The minimum absolute atomic E-state index is 0.248. The van der Waals surface area contributed by atoms with E-state index in [0.717, 1.165) is 23.5 Å². The van der Waals surface area contributed by atoms with Gasteiger partial charge >= 0.3 is 0 Å². The average molecular weight is 277 g/mol. The molecule has 2 heterocycles. The normalized spacial score (nSPS) is 10.4. The van der Waals surface area contributed by atoms with Gasteiger partial charge in [-0.05, 0) is 25.0 Å². The number of nitrogens with two attached hydrogens (primary N) is 1. The van der Waals surface area contributed by atoms with E-state index in [1.165, 1.54) is 11.3 Å². The average Bonchev–Trinajstić information content (AvgIpc) is 2.85. The van der Waals surface area contributed by atoms with Crippen LogP contribution in [0.25, 0.3) is 0 Å². The molecule has 0 saturated carbocycles. The monoisotopic (exact) mass is 277 g/mol. The zero-order valence-corrected chi connectivity index (χ0v) is 11.6. The summed E-state index contributed by atoms with van der Waals surface area (Å²) in [5.74, 6) is 0.0959. The summed E-state index contributed by atoms with van der Waals surface area (Å²) >= 11 is 1.37. The van der Waals surface area contributed by atoms with Crippen LogP contribution in [0.4, 0.5) is 10.9 Å². The van der Waals surface area contributed by atoms with E-state index in [1.54, 1.807) is 12.1 Å². The molecular weight excluding hydrogens is 262 g/mol. The van der Waals surface area contributed by atoms with E-state index < -0.39 is 0 Å². The van der Waals surface area contributed by atoms with Crippen LogP contribution in [0.15, 0.2) is 12.1 Å². The van der Waals surface area contributed by atoms with Crippen LogP contribution in [0, 0.1) is 0 Å². The molecule has 0 unspecified atom stereocenters. The number of rotatable bonds is 4. The van der Waals surface area contributed by atoms with Crippen molar-refractivity contribution in [3.63, 3.8) is 0 Å². The Morgan fingerprint density at radius 2 is 2.11 bits per heavy atom. The first-order chi connectivity index (χ1) is 9.12. The second-order valence-corrected chi connectivity index (χ2v) is 5.00. The predicted molar refractivity (Wildman–Crippen MR) is 75.3 cm³/mol. The molecule has 1 amide bonds. The molecule has 0 spiro atoms. The molecule has 0 aliphatic heterocycles. The van der Waals surface area contributed by atoms with Crippen molar-refractivity contribution in [1.29, 1.82) is 0 Å². The number of carbonyl (C=O) groups excluding carboxylic acids is 1. The minimum Gasteiger partial charge on any atom is -0.384 e. The summed E-state index contributed by atoms with van der Waals surface area (Å²) in [5, 5.41) is 12.0. The molecule has 0 aliphatic carbocycles. The number of carbonyl (C=O) groups is 1. The van der Waals surface area contributed by atoms with E-state index in [2.05, 4.69) is 20.5 Å². The van der Waals surface area contributed by atoms with Gasteiger partial charge in [0, 0.05) is 11.3 Å². The van der Waals surface area contributed by atoms with E-state index in [0.29, 0.717) is 16.5 Å². The van der Waals surface area contributed by atoms with Gasteiger partial charge in [0.1, 0.15) is 10.8 Å². The Morgan fingerprint density at radius 3 is 2.74 bits per heavy atom. The SMILES string of the molecule is CCc1cc(C(=O)Nc2nnc(CC)s2)cc(N)n1. The molecule has 0 bridgehead atoms. The number of nitrogen functional groups attached to an aromatic ring is 1. The molecule has 2 rings (SSSR count). The predicted octanol–water partition coefficient (Wildman–Crippen LogP) is 1.89. The quantitative estimate of drug-likeness (QED) is 0.890. The summed E-state index contributed by atoms with van der Waals surface area (Å²) in [6.07, 6.45) is 1.53. The molecule has 7 heteroatoms. The van der Waals surface area contributed by atoms with Gasteiger partial charge in [0.15, 0.2) is 0 Å². The third kappa shape index (κ3) is 3.25. The number of nitrogens with one attached hydrogen (secondary N) is 1. The van der Waals surface area contributed by atoms with Gasteiger partial charge in [-0.1, -0.05) is 25.2 Å². The van der Waals surface area contributed by atoms with Gasteiger partial charge < -0.3 is 5.73 Å². The molecule has 0 fully saturated rings. The molecule has 2 aromatic heterocycles. The maximum atomic E-state index is 12.1. The summed E-state index contributed by atoms with van der Waals surface area (Å²) in [7, 11) is 0. The number of amides is 1. The Morgan fingerprint density at radius 1 is 1.32 bits per heavy atom. The minimum atomic E-state index is -0.248. The highest BCUT2D eigenvalue weighted by molar-refractivity contribution is 7.15. The molecule has 0 aromatic carbocycles. The third-order valence-electron chi connectivity index (χ3n) is 2.51. The van der Waals surface area contributed by atoms with Crippen molar-refractivity contribution in [2.24, 2.45) is 0 Å². The fourth-order valence-corrected chi connectivity index (χ4v) is 2.21. The fourth-order valence-electron chi connectivity index (χ4n) is 1.54. The van der Waals surface area contributed by atoms with Crippen LogP contribution in [0.2, 0.25) is 0 Å². The van der Waals surface area contributed by atoms with Gasteiger partial charge in [-0.3, -0.25) is 10.1 Å². The van der Waals surface area contributed by atoms with Crippen LogP contribution in [0.3, 0.4) is 0 Å². The maximum Gasteiger partial charge on any atom is 0.257 e. The van der Waals surface area contributed by atoms with Crippen LogP contribution in [-0.2, 0) is 12.8 Å². The molecule has 19 heavy (non-hydrogen) atoms. The molecule has 0 aliphatic rings. The lowest BCUT2D eigenvalue weighted by Crippen LogP contribution is -2.13. The van der Waals surface area contributed by atoms with Crippen LogP contribution < -0.4 is 11.1 Å². The van der Waals surface area contributed by atoms with E-state index in [1.807, 2.05) is 13.8 Å². The first-order valence-electron chi connectivity index (χ1n) is 6.02. The molecule has 2 aromatic rings. The van der Waals surface area contributed by atoms with Crippen molar-refractivity contribution in [3.8, 4) is 0 Å². The van der Waals surface area contributed by atoms with Gasteiger partial charge in [0.2, 0.25) is 5.13 Å². The van der Waals surface area contributed by atoms with Crippen molar-refractivity contribution in [2.45, 2.75) is 26.7 Å². The molecule has 0 radical (unpaired) electrons. The number of aryl methyl sites for hydroxylation is 2. The molecule has 0 saturated heterocycles. The van der Waals surface area contributed by atoms with Gasteiger partial charge in [0.05, 0.1) is 0 Å². The highest BCUT2D eigenvalue weighted by Gasteiger charge is 2.11. The van der Waals surface area contributed by atoms with Crippen molar-refractivity contribution in [2.75, 3.05) is 11.1 Å². The van der Waals surface area contributed by atoms with E-state index >= 15 is 0 Å². The summed E-state index contributed by atoms with van der Waals surface area (Å²) in [5.41, 5.74) is 6.95. The smallest absolute Gasteiger partial charge is 0.257 e. The Kier molecular flexibility index (Phi) is 4.06. The second kappa shape index (κ2) is 5.75. The molecule has 100 valence electrons. The van der Waals surface area contributed by atoms with Gasteiger partial charge in [-0.2, -0.15) is 0 Å². The zero-order valence-electron chi connectivity index (χ0n) is 10.8. The maximum absolute atomic E-state index is 12.1. The number of nitrogens with zero attached hydrogens (tertiary/aromatic N) is 3. The molecule has 3 N–H and O–H groups in total. The third-order valence-corrected chi connectivity index (χ3v) is 3.50. The lowest BCUT2D eigenvalue weighted by atomic mass is 10.2. The van der Waals surface area contributed by atoms with E-state index in [4.69, 9.17) is 5.73 Å². The number of pyridine rings is 1. The first kappa shape index (κ1) is 13.4. The summed E-state index contributed by atoms with van der Waals surface area (Å²) < 4.78 is 0. The Labute approximate surface area is 115 Å². The number of aromatic nitrogens is 3. The molecule has 6 nitrogen and oxygen atoms in total. The van der Waals surface area contributed by atoms with Crippen molar-refractivity contribution < 1.29 is 4.79 Å². The van der Waals surface area contributed by atoms with Crippen LogP contribution >= 0.6 is 11.3 Å². The van der Waals surface area contributed by atoms with Crippen LogP contribution in [0.1, 0.15) is 34.9 Å². The lowest BCUT2D eigenvalue weighted by molar-refractivity contribution is 0.102. The summed E-state index contributed by atoms with van der Waals surface area (Å²) in [4.78, 5) is 16.2. The highest BCUT2D eigenvalue weighted by Crippen LogP contribution is 2.17. The second-order valence-electron chi connectivity index (χ2n) is 3.93. The highest BCUT2D eigenvalue weighted by atomic mass is 32.1.